The molecule has 1 fully saturated rings. The van der Waals surface area contributed by atoms with Crippen molar-refractivity contribution < 1.29 is 9.90 Å². The molecule has 0 bridgehead atoms. The minimum absolute atomic E-state index is 0.0258. The minimum Gasteiger partial charge on any atom is -0.389 e. The van der Waals surface area contributed by atoms with E-state index in [1.165, 1.54) is 5.56 Å². The van der Waals surface area contributed by atoms with Crippen molar-refractivity contribution in [3.8, 4) is 0 Å². The lowest BCUT2D eigenvalue weighted by Gasteiger charge is -2.36. The van der Waals surface area contributed by atoms with Crippen LogP contribution < -0.4 is 10.6 Å². The summed E-state index contributed by atoms with van der Waals surface area (Å²) >= 11 is 6.51. The number of amides is 1. The molecule has 1 aromatic heterocycles. The molecule has 0 spiro atoms. The topological polar surface area (TPSA) is 90.4 Å². The largest absolute Gasteiger partial charge is 0.389 e. The van der Waals surface area contributed by atoms with Gasteiger partial charge in [0.25, 0.3) is 0 Å². The number of likely N-dealkylation sites (tertiary alicyclic amines) is 1. The number of β-amino-alcohol motifs (C(OH)–C–C–N with tert-alkyl or cyclic N) is 1. The number of piperidine rings is 1. The van der Waals surface area contributed by atoms with Crippen molar-refractivity contribution >= 4 is 34.8 Å². The molecule has 5 rings (SSSR count). The van der Waals surface area contributed by atoms with Gasteiger partial charge < -0.3 is 15.7 Å². The van der Waals surface area contributed by atoms with E-state index in [0.29, 0.717) is 29.9 Å². The number of aromatic nitrogens is 2. The molecule has 2 aromatic carbocycles. The van der Waals surface area contributed by atoms with Gasteiger partial charge in [0, 0.05) is 24.5 Å². The molecule has 1 saturated heterocycles. The quantitative estimate of drug-likeness (QED) is 0.306. The number of hydrogen-bond donors (Lipinski definition) is 3. The Morgan fingerprint density at radius 3 is 2.77 bits per heavy atom. The van der Waals surface area contributed by atoms with Gasteiger partial charge in [-0.1, -0.05) is 35.9 Å². The summed E-state index contributed by atoms with van der Waals surface area (Å²) in [6.45, 7) is 12.5. The van der Waals surface area contributed by atoms with Crippen LogP contribution >= 0.6 is 11.6 Å². The van der Waals surface area contributed by atoms with Crippen LogP contribution in [0.1, 0.15) is 74.4 Å². The maximum Gasteiger partial charge on any atom is 0.234 e. The molecule has 2 aliphatic heterocycles. The van der Waals surface area contributed by atoms with Crippen LogP contribution in [0.15, 0.2) is 42.6 Å². The maximum atomic E-state index is 12.5. The molecule has 2 aliphatic rings. The Hall–Kier alpha value is -3.00. The summed E-state index contributed by atoms with van der Waals surface area (Å²) < 4.78 is 0. The van der Waals surface area contributed by atoms with Gasteiger partial charge in [-0.25, -0.2) is 9.97 Å². The van der Waals surface area contributed by atoms with Gasteiger partial charge >= 0.3 is 0 Å². The number of hydrogen-bond acceptors (Lipinski definition) is 6. The molecular weight excluding hydrogens is 522 g/mol. The number of nitrogens with one attached hydrogen (secondary N) is 2. The molecule has 8 heteroatoms. The molecule has 3 heterocycles. The highest BCUT2D eigenvalue weighted by Crippen LogP contribution is 2.40. The van der Waals surface area contributed by atoms with Crippen LogP contribution in [-0.4, -0.2) is 51.1 Å². The van der Waals surface area contributed by atoms with Gasteiger partial charge in [0.05, 0.1) is 27.9 Å². The van der Waals surface area contributed by atoms with Crippen LogP contribution in [0.2, 0.25) is 5.02 Å². The van der Waals surface area contributed by atoms with E-state index in [2.05, 4.69) is 51.7 Å². The Labute approximate surface area is 242 Å². The molecule has 1 atom stereocenters. The number of anilines is 3. The van der Waals surface area contributed by atoms with Crippen molar-refractivity contribution in [2.24, 2.45) is 0 Å². The van der Waals surface area contributed by atoms with E-state index >= 15 is 0 Å². The summed E-state index contributed by atoms with van der Waals surface area (Å²) in [5.74, 6) is 0.995. The summed E-state index contributed by atoms with van der Waals surface area (Å²) in [5, 5.41) is 17.2. The van der Waals surface area contributed by atoms with Gasteiger partial charge in [-0.2, -0.15) is 0 Å². The van der Waals surface area contributed by atoms with E-state index in [1.807, 2.05) is 39.8 Å². The van der Waals surface area contributed by atoms with Crippen LogP contribution in [0.3, 0.4) is 0 Å². The smallest absolute Gasteiger partial charge is 0.234 e. The number of rotatable bonds is 8. The standard InChI is InChI=1S/C32H40ClN5O2/c1-20-16-22(23-9-7-15-38(18-23)19-31(2,3)40)12-13-25(20)36-30-34-17-24(33)26(37-30)14-11-21-8-6-10-27-28(21)32(4,5)29(39)35-27/h6,8,10,12-13,16-17,23,40H,7,9,11,14-15,18-19H2,1-5H3,(H,35,39)(H,34,36,37). The first kappa shape index (κ1) is 28.5. The fourth-order valence-corrected chi connectivity index (χ4v) is 6.34. The Bertz CT molecular complexity index is 1410. The zero-order valence-corrected chi connectivity index (χ0v) is 24.9. The van der Waals surface area contributed by atoms with Crippen LogP contribution in [0.4, 0.5) is 17.3 Å². The second-order valence-electron chi connectivity index (χ2n) is 12.5. The third-order valence-corrected chi connectivity index (χ3v) is 8.44. The number of nitrogens with zero attached hydrogens (tertiary/aromatic N) is 3. The molecule has 1 unspecified atom stereocenters. The lowest BCUT2D eigenvalue weighted by molar-refractivity contribution is -0.119. The second-order valence-corrected chi connectivity index (χ2v) is 12.9. The Balaban J connectivity index is 1.28. The van der Waals surface area contributed by atoms with Gasteiger partial charge in [0.1, 0.15) is 0 Å². The van der Waals surface area contributed by atoms with Gasteiger partial charge in [-0.05, 0) is 107 Å². The first-order chi connectivity index (χ1) is 18.9. The average Bonchev–Trinajstić information content (AvgIpc) is 3.13. The van der Waals surface area contributed by atoms with E-state index in [-0.39, 0.29) is 5.91 Å². The number of aryl methyl sites for hydroxylation is 3. The van der Waals surface area contributed by atoms with Crippen molar-refractivity contribution in [3.63, 3.8) is 0 Å². The van der Waals surface area contributed by atoms with E-state index in [1.54, 1.807) is 6.20 Å². The van der Waals surface area contributed by atoms with Gasteiger partial charge in [-0.3, -0.25) is 9.69 Å². The highest BCUT2D eigenvalue weighted by Gasteiger charge is 2.39. The second kappa shape index (κ2) is 11.1. The fraction of sp³-hybridized carbons (Fsp3) is 0.469. The average molecular weight is 562 g/mol. The molecular formula is C32H40ClN5O2. The summed E-state index contributed by atoms with van der Waals surface area (Å²) in [6, 6.07) is 12.6. The molecule has 3 aromatic rings. The van der Waals surface area contributed by atoms with Gasteiger partial charge in [0.2, 0.25) is 11.9 Å². The van der Waals surface area contributed by atoms with E-state index in [4.69, 9.17) is 16.6 Å². The number of aliphatic hydroxyl groups is 1. The predicted octanol–water partition coefficient (Wildman–Crippen LogP) is 6.15. The number of halogens is 1. The normalized spacial score (nSPS) is 18.9. The van der Waals surface area contributed by atoms with Crippen molar-refractivity contribution in [1.29, 1.82) is 0 Å². The van der Waals surface area contributed by atoms with Gasteiger partial charge in [-0.15, -0.1) is 0 Å². The van der Waals surface area contributed by atoms with Crippen LogP contribution in [0.5, 0.6) is 0 Å². The Morgan fingerprint density at radius 1 is 1.23 bits per heavy atom. The summed E-state index contributed by atoms with van der Waals surface area (Å²) in [4.78, 5) is 24.1. The number of benzene rings is 2. The highest BCUT2D eigenvalue weighted by molar-refractivity contribution is 6.31. The zero-order chi connectivity index (χ0) is 28.7. The van der Waals surface area contributed by atoms with Crippen molar-refractivity contribution in [1.82, 2.24) is 14.9 Å². The van der Waals surface area contributed by atoms with Crippen molar-refractivity contribution in [2.75, 3.05) is 30.3 Å². The highest BCUT2D eigenvalue weighted by atomic mass is 35.5. The summed E-state index contributed by atoms with van der Waals surface area (Å²) in [7, 11) is 0. The summed E-state index contributed by atoms with van der Waals surface area (Å²) in [5.41, 5.74) is 6.02. The molecule has 1 amide bonds. The molecule has 7 nitrogen and oxygen atoms in total. The van der Waals surface area contributed by atoms with Crippen LogP contribution in [0, 0.1) is 6.92 Å². The Morgan fingerprint density at radius 2 is 2.02 bits per heavy atom. The third-order valence-electron chi connectivity index (χ3n) is 8.12. The first-order valence-electron chi connectivity index (χ1n) is 14.2. The van der Waals surface area contributed by atoms with E-state index in [9.17, 15) is 9.90 Å². The number of fused-ring (bicyclic) bond motifs is 1. The Kier molecular flexibility index (Phi) is 7.92. The van der Waals surface area contributed by atoms with Crippen molar-refractivity contribution in [2.45, 2.75) is 77.2 Å². The minimum atomic E-state index is -0.684. The molecule has 0 radical (unpaired) electrons. The van der Waals surface area contributed by atoms with Gasteiger partial charge in [0.15, 0.2) is 0 Å². The molecule has 3 N–H and O–H groups in total. The zero-order valence-electron chi connectivity index (χ0n) is 24.1. The SMILES string of the molecule is Cc1cc(C2CCCN(CC(C)(C)O)C2)ccc1Nc1ncc(Cl)c(CCc2cccc3c2C(C)(C)C(=O)N3)n1. The number of carbonyl (C=O) groups is 1. The van der Waals surface area contributed by atoms with Crippen LogP contribution in [-0.2, 0) is 23.1 Å². The lowest BCUT2D eigenvalue weighted by Crippen LogP contribution is -2.43. The summed E-state index contributed by atoms with van der Waals surface area (Å²) in [6.07, 6.45) is 5.30. The van der Waals surface area contributed by atoms with Crippen molar-refractivity contribution in [3.05, 3.63) is 75.6 Å². The third kappa shape index (κ3) is 6.17. The van der Waals surface area contributed by atoms with E-state index in [0.717, 1.165) is 66.1 Å². The molecule has 0 aliphatic carbocycles. The monoisotopic (exact) mass is 561 g/mol. The maximum absolute atomic E-state index is 12.5. The van der Waals surface area contributed by atoms with Crippen LogP contribution in [0.25, 0.3) is 0 Å². The molecule has 0 saturated carbocycles. The lowest BCUT2D eigenvalue weighted by atomic mass is 9.82. The predicted molar refractivity (Wildman–Crippen MR) is 162 cm³/mol. The molecule has 212 valence electrons. The first-order valence-corrected chi connectivity index (χ1v) is 14.6. The number of carbonyl (C=O) groups excluding carboxylic acids is 1. The fourth-order valence-electron chi connectivity index (χ4n) is 6.15. The molecule has 40 heavy (non-hydrogen) atoms. The van der Waals surface area contributed by atoms with E-state index < -0.39 is 11.0 Å².